The predicted molar refractivity (Wildman–Crippen MR) is 305 cm³/mol. The molecule has 6 aliphatic rings. The molecule has 4 amide bonds. The number of nitrogens with zero attached hydrogens (tertiary/aromatic N) is 4. The topological polar surface area (TPSA) is 214 Å². The minimum absolute atomic E-state index is 0. The summed E-state index contributed by atoms with van der Waals surface area (Å²) in [5.41, 5.74) is -1.27. The van der Waals surface area contributed by atoms with Crippen LogP contribution in [-0.4, -0.2) is 132 Å². The Balaban J connectivity index is 0.000000243. The molecule has 4 aromatic rings. The van der Waals surface area contributed by atoms with E-state index < -0.39 is 108 Å². The van der Waals surface area contributed by atoms with E-state index >= 15 is 17.6 Å². The molecule has 10 rings (SSSR count). The molecule has 2 aromatic carbocycles. The van der Waals surface area contributed by atoms with Crippen molar-refractivity contribution in [2.24, 2.45) is 34.5 Å². The normalized spacial score (nSPS) is 29.2. The molecule has 6 heterocycles. The van der Waals surface area contributed by atoms with Gasteiger partial charge in [0.1, 0.15) is 48.0 Å². The molecule has 2 radical (unpaired) electrons. The van der Waals surface area contributed by atoms with Gasteiger partial charge in [-0.3, -0.25) is 9.59 Å². The Morgan fingerprint density at radius 3 is 1.43 bits per heavy atom. The number of nitrogens with one attached hydrogen (secondary N) is 2. The third-order valence-corrected chi connectivity index (χ3v) is 17.6. The molecule has 2 saturated carbocycles. The minimum atomic E-state index is -3.25. The number of fused-ring (bicyclic) bond motifs is 10. The maximum Gasteiger partial charge on any atom is 0.408 e. The van der Waals surface area contributed by atoms with Gasteiger partial charge >= 0.3 is 12.2 Å². The van der Waals surface area contributed by atoms with E-state index in [0.29, 0.717) is 78.3 Å². The van der Waals surface area contributed by atoms with Crippen LogP contribution in [0.1, 0.15) is 137 Å². The second kappa shape index (κ2) is 27.5. The quantitative estimate of drug-likeness (QED) is 0.141. The number of rotatable bonds is 5. The van der Waals surface area contributed by atoms with E-state index in [4.69, 9.17) is 28.4 Å². The summed E-state index contributed by atoms with van der Waals surface area (Å²) in [6.07, 6.45) is 4.06. The van der Waals surface area contributed by atoms with Crippen LogP contribution in [0, 0.1) is 34.5 Å². The van der Waals surface area contributed by atoms with E-state index in [1.807, 2.05) is 40.3 Å². The molecule has 87 heavy (non-hydrogen) atoms. The second-order valence-electron chi connectivity index (χ2n) is 25.8. The molecule has 472 valence electrons. The van der Waals surface area contributed by atoms with Gasteiger partial charge in [0.2, 0.25) is 23.6 Å². The van der Waals surface area contributed by atoms with E-state index in [1.54, 1.807) is 64.1 Å². The molecular formula is C63H78F4N6O12V2-2. The Morgan fingerprint density at radius 1 is 0.609 bits per heavy atom. The van der Waals surface area contributed by atoms with Crippen LogP contribution < -0.4 is 29.6 Å². The first-order valence-electron chi connectivity index (χ1n) is 29.6. The van der Waals surface area contributed by atoms with Gasteiger partial charge in [0.25, 0.3) is 11.8 Å². The average Bonchev–Trinajstić information content (AvgIpc) is 2.29. The van der Waals surface area contributed by atoms with Crippen LogP contribution in [0.15, 0.2) is 48.5 Å². The largest absolute Gasteiger partial charge is 0.540 e. The zero-order valence-electron chi connectivity index (χ0n) is 50.8. The number of benzene rings is 2. The van der Waals surface area contributed by atoms with Crippen LogP contribution in [0.2, 0.25) is 0 Å². The fraction of sp³-hybridized carbons (Fsp3) is 0.619. The van der Waals surface area contributed by atoms with Crippen molar-refractivity contribution >= 4 is 58.4 Å². The number of methoxy groups -OCH3 is 2. The molecule has 12 atom stereocenters. The van der Waals surface area contributed by atoms with Gasteiger partial charge in [-0.25, -0.2) is 49.7 Å². The van der Waals surface area contributed by atoms with Crippen molar-refractivity contribution in [1.29, 1.82) is 0 Å². The van der Waals surface area contributed by atoms with Crippen molar-refractivity contribution in [3.63, 3.8) is 0 Å². The summed E-state index contributed by atoms with van der Waals surface area (Å²) in [6.45, 7) is 14.2. The molecule has 2 saturated heterocycles. The molecule has 0 unspecified atom stereocenters. The minimum Gasteiger partial charge on any atom is -0.540 e. The fourth-order valence-corrected chi connectivity index (χ4v) is 12.2. The van der Waals surface area contributed by atoms with Crippen LogP contribution in [0.3, 0.4) is 0 Å². The van der Waals surface area contributed by atoms with Gasteiger partial charge in [0.05, 0.1) is 49.5 Å². The van der Waals surface area contributed by atoms with Crippen LogP contribution in [0.5, 0.6) is 23.3 Å². The summed E-state index contributed by atoms with van der Waals surface area (Å²) in [7, 11) is 3.01. The molecule has 2 aliphatic carbocycles. The van der Waals surface area contributed by atoms with E-state index in [0.717, 1.165) is 0 Å². The number of pyridine rings is 2. The van der Waals surface area contributed by atoms with E-state index in [2.05, 4.69) is 20.6 Å². The van der Waals surface area contributed by atoms with Gasteiger partial charge in [-0.2, -0.15) is 0 Å². The van der Waals surface area contributed by atoms with Crippen LogP contribution in [-0.2, 0) is 77.6 Å². The Kier molecular flexibility index (Phi) is 21.7. The Morgan fingerprint density at radius 2 is 1.02 bits per heavy atom. The number of aromatic nitrogens is 2. The SMILES string of the molecule is CC[C@@H]1[C@@H]2CN(C(=O)[C@H](C(C)(C)C)NC(=O)O[C@@H]3C[C@H]3CCCCC(F)(F)c3cc4ccc(OC)cc4nc3O2)[C@@H]1[C-]=O.COc1ccc2cc3c(nc2c1)O[C@H]1CN(C(=O)[C@H](C(C)(C)C)NC(=O)O[C@@H]2C[C@H]2CCCCC3(F)F)[C@H]([C-]=O)[C@@H]1C.[V].[V]. The zero-order chi connectivity index (χ0) is 61.5. The van der Waals surface area contributed by atoms with Crippen molar-refractivity contribution in [2.45, 2.75) is 186 Å². The number of hydrogen-bond donors (Lipinski definition) is 2. The Labute approximate surface area is 529 Å². The zero-order valence-corrected chi connectivity index (χ0v) is 53.6. The third kappa shape index (κ3) is 15.4. The predicted octanol–water partition coefficient (Wildman–Crippen LogP) is 10.7. The summed E-state index contributed by atoms with van der Waals surface area (Å²) in [5, 5.41) is 6.49. The number of hydrogen-bond acceptors (Lipinski definition) is 14. The number of carbonyl (C=O) groups is 4. The van der Waals surface area contributed by atoms with Crippen LogP contribution >= 0.6 is 0 Å². The first-order valence-corrected chi connectivity index (χ1v) is 29.6. The number of amides is 4. The van der Waals surface area contributed by atoms with Gasteiger partial charge in [-0.15, -0.1) is 0 Å². The van der Waals surface area contributed by atoms with Crippen LogP contribution in [0.4, 0.5) is 27.2 Å². The average molecular weight is 1290 g/mol. The van der Waals surface area contributed by atoms with E-state index in [1.165, 1.54) is 36.2 Å². The monoisotopic (exact) mass is 1290 g/mol. The third-order valence-electron chi connectivity index (χ3n) is 17.6. The number of alkyl halides is 4. The molecule has 2 aromatic heterocycles. The fourth-order valence-electron chi connectivity index (χ4n) is 12.2. The number of carbonyl (C=O) groups excluding carboxylic acids is 6. The van der Waals surface area contributed by atoms with Crippen molar-refractivity contribution in [1.82, 2.24) is 30.4 Å². The van der Waals surface area contributed by atoms with Crippen molar-refractivity contribution in [3.05, 3.63) is 59.7 Å². The number of alkyl carbamates (subject to hydrolysis) is 2. The first-order chi connectivity index (χ1) is 40.2. The second-order valence-corrected chi connectivity index (χ2v) is 25.8. The van der Waals surface area contributed by atoms with Gasteiger partial charge in [-0.05, 0) is 109 Å². The maximum absolute atomic E-state index is 15.9. The van der Waals surface area contributed by atoms with Crippen molar-refractivity contribution in [2.75, 3.05) is 27.3 Å². The summed E-state index contributed by atoms with van der Waals surface area (Å²) >= 11 is 0. The van der Waals surface area contributed by atoms with Crippen LogP contribution in [0.25, 0.3) is 21.8 Å². The molecule has 2 N–H and O–H groups in total. The number of halogens is 4. The van der Waals surface area contributed by atoms with Crippen molar-refractivity contribution < 1.29 is 112 Å². The molecule has 18 nitrogen and oxygen atoms in total. The van der Waals surface area contributed by atoms with Gasteiger partial charge < -0.3 is 58.4 Å². The molecule has 0 spiro atoms. The summed E-state index contributed by atoms with van der Waals surface area (Å²) in [4.78, 5) is 89.6. The molecule has 4 bridgehead atoms. The van der Waals surface area contributed by atoms with Gasteiger partial charge in [-0.1, -0.05) is 86.7 Å². The smallest absolute Gasteiger partial charge is 0.408 e. The summed E-state index contributed by atoms with van der Waals surface area (Å²) in [5.74, 6) is -7.85. The first kappa shape index (κ1) is 68.7. The molecule has 4 aliphatic heterocycles. The number of ether oxygens (including phenoxy) is 6. The molecule has 4 fully saturated rings. The van der Waals surface area contributed by atoms with E-state index in [-0.39, 0.29) is 110 Å². The Bertz CT molecular complexity index is 3170. The molecular weight excluding hydrogens is 1210 g/mol. The van der Waals surface area contributed by atoms with Crippen molar-refractivity contribution in [3.8, 4) is 23.3 Å². The molecule has 24 heteroatoms. The maximum atomic E-state index is 15.9. The van der Waals surface area contributed by atoms with Gasteiger partial charge in [0.15, 0.2) is 0 Å². The standard InChI is InChI=1S/C32H40F2N3O6.C31H38F2N3O6.2V/c1-6-21-24(17-38)37-16-26(21)42-28-22(13-18-10-11-20(41-5)15-23(18)35-28)32(33,34)12-8-7-9-19-14-25(19)43-30(40)36-27(29(37)39)31(2,3)4;1-17-23(16-37)36-15-25(17)41-27-21(12-18-9-10-20(40-5)14-22(18)34-27)31(32,33)11-7-6-8-19-13-24(19)42-29(39)35-26(28(36)38)30(2,3)4;;/h10-11,13,15,19,21,24-27H,6-9,12,14,16H2,1-5H3,(H,36,40);9-10,12,14,17,19,23-26H,6-8,11,13,15H2,1-5H3,(H,35,39);;/q2*-1;;/t19-,21+,24-,25-,26+,27-;17-,19+,23+,24+,25-,26+;;/m10../s1. The summed E-state index contributed by atoms with van der Waals surface area (Å²) in [6, 6.07) is 8.81. The van der Waals surface area contributed by atoms with E-state index in [9.17, 15) is 28.8 Å². The Hall–Kier alpha value is -5.83. The summed E-state index contributed by atoms with van der Waals surface area (Å²) < 4.78 is 97.7. The van der Waals surface area contributed by atoms with Gasteiger partial charge in [0, 0.05) is 72.9 Å².